The maximum Gasteiger partial charge on any atom is 0.256 e. The van der Waals surface area contributed by atoms with Crippen molar-refractivity contribution >= 4 is 49.1 Å². The van der Waals surface area contributed by atoms with Gasteiger partial charge in [-0.05, 0) is 51.1 Å². The smallest absolute Gasteiger partial charge is 0.256 e. The van der Waals surface area contributed by atoms with E-state index in [0.717, 1.165) is 9.35 Å². The van der Waals surface area contributed by atoms with Gasteiger partial charge in [-0.1, -0.05) is 15.9 Å². The Labute approximate surface area is 131 Å². The number of rotatable bonds is 3. The van der Waals surface area contributed by atoms with Crippen molar-refractivity contribution in [3.8, 4) is 0 Å². The van der Waals surface area contributed by atoms with Crippen molar-refractivity contribution in [1.29, 1.82) is 0 Å². The molecule has 0 aliphatic carbocycles. The molecule has 1 heterocycles. The van der Waals surface area contributed by atoms with E-state index < -0.39 is 5.82 Å². The van der Waals surface area contributed by atoms with E-state index in [9.17, 15) is 9.18 Å². The third-order valence-corrected chi connectivity index (χ3v) is 4.60. The molecule has 0 saturated heterocycles. The third-order valence-electron chi connectivity index (χ3n) is 2.55. The van der Waals surface area contributed by atoms with Crippen molar-refractivity contribution in [2.24, 2.45) is 0 Å². The molecule has 0 bridgehead atoms. The summed E-state index contributed by atoms with van der Waals surface area (Å²) in [5.74, 6) is -0.843. The molecule has 0 unspecified atom stereocenters. The largest absolute Gasteiger partial charge is 0.337 e. The van der Waals surface area contributed by atoms with Crippen molar-refractivity contribution in [1.82, 2.24) is 4.90 Å². The Morgan fingerprint density at radius 2 is 2.11 bits per heavy atom. The summed E-state index contributed by atoms with van der Waals surface area (Å²) in [6.07, 6.45) is 0. The second-order valence-electron chi connectivity index (χ2n) is 4.04. The van der Waals surface area contributed by atoms with Crippen LogP contribution < -0.4 is 0 Å². The zero-order valence-corrected chi connectivity index (χ0v) is 14.0. The van der Waals surface area contributed by atoms with E-state index in [1.165, 1.54) is 17.0 Å². The molecule has 0 spiro atoms. The second kappa shape index (κ2) is 6.15. The highest BCUT2D eigenvalue weighted by Gasteiger charge is 2.16. The summed E-state index contributed by atoms with van der Waals surface area (Å²) < 4.78 is 15.3. The van der Waals surface area contributed by atoms with Gasteiger partial charge in [0.2, 0.25) is 0 Å². The van der Waals surface area contributed by atoms with E-state index in [1.54, 1.807) is 24.5 Å². The molecule has 2 aromatic rings. The van der Waals surface area contributed by atoms with E-state index in [-0.39, 0.29) is 11.5 Å². The summed E-state index contributed by atoms with van der Waals surface area (Å²) in [6.45, 7) is 0.455. The van der Waals surface area contributed by atoms with Crippen LogP contribution in [0.2, 0.25) is 0 Å². The van der Waals surface area contributed by atoms with Gasteiger partial charge in [0.05, 0.1) is 9.35 Å². The van der Waals surface area contributed by atoms with Crippen LogP contribution in [-0.4, -0.2) is 17.9 Å². The van der Waals surface area contributed by atoms with Crippen molar-refractivity contribution in [3.05, 3.63) is 54.8 Å². The molecule has 0 atom stereocenters. The molecule has 2 rings (SSSR count). The minimum absolute atomic E-state index is 0.0833. The number of thiophene rings is 1. The van der Waals surface area contributed by atoms with Crippen molar-refractivity contribution in [3.63, 3.8) is 0 Å². The lowest BCUT2D eigenvalue weighted by atomic mass is 10.2. The average Bonchev–Trinajstić information content (AvgIpc) is 2.74. The molecule has 0 radical (unpaired) electrons. The number of hydrogen-bond acceptors (Lipinski definition) is 2. The number of carbonyl (C=O) groups excluding carboxylic acids is 1. The highest BCUT2D eigenvalue weighted by Crippen LogP contribution is 2.22. The number of benzene rings is 1. The molecule has 1 amide bonds. The predicted octanol–water partition coefficient (Wildman–Crippen LogP) is 4.68. The zero-order valence-electron chi connectivity index (χ0n) is 9.99. The van der Waals surface area contributed by atoms with Crippen LogP contribution in [0.25, 0.3) is 0 Å². The molecule has 100 valence electrons. The summed E-state index contributed by atoms with van der Waals surface area (Å²) in [5, 5.41) is 1.96. The first kappa shape index (κ1) is 14.7. The van der Waals surface area contributed by atoms with E-state index >= 15 is 0 Å². The Balaban J connectivity index is 2.14. The van der Waals surface area contributed by atoms with Crippen LogP contribution >= 0.6 is 43.2 Å². The number of carbonyl (C=O) groups is 1. The summed E-state index contributed by atoms with van der Waals surface area (Å²) in [4.78, 5) is 13.7. The Kier molecular flexibility index (Phi) is 4.76. The maximum atomic E-state index is 13.7. The highest BCUT2D eigenvalue weighted by molar-refractivity contribution is 9.11. The van der Waals surface area contributed by atoms with Crippen LogP contribution in [0.15, 0.2) is 37.9 Å². The fraction of sp³-hybridized carbons (Fsp3) is 0.154. The lowest BCUT2D eigenvalue weighted by Gasteiger charge is -2.17. The minimum Gasteiger partial charge on any atom is -0.337 e. The van der Waals surface area contributed by atoms with Gasteiger partial charge in [-0.15, -0.1) is 11.3 Å². The van der Waals surface area contributed by atoms with Crippen molar-refractivity contribution in [2.75, 3.05) is 7.05 Å². The van der Waals surface area contributed by atoms with Gasteiger partial charge >= 0.3 is 0 Å². The Morgan fingerprint density at radius 1 is 1.37 bits per heavy atom. The fourth-order valence-electron chi connectivity index (χ4n) is 1.64. The topological polar surface area (TPSA) is 20.3 Å². The predicted molar refractivity (Wildman–Crippen MR) is 81.9 cm³/mol. The Hall–Kier alpha value is -0.720. The fourth-order valence-corrected chi connectivity index (χ4v) is 3.18. The van der Waals surface area contributed by atoms with Gasteiger partial charge in [0, 0.05) is 18.1 Å². The van der Waals surface area contributed by atoms with E-state index in [0.29, 0.717) is 11.0 Å². The highest BCUT2D eigenvalue weighted by atomic mass is 79.9. The van der Waals surface area contributed by atoms with Crippen LogP contribution in [0.4, 0.5) is 4.39 Å². The lowest BCUT2D eigenvalue weighted by Crippen LogP contribution is -2.26. The maximum absolute atomic E-state index is 13.7. The summed E-state index contributed by atoms with van der Waals surface area (Å²) in [5.41, 5.74) is 1.10. The molecule has 0 aliphatic heterocycles. The van der Waals surface area contributed by atoms with Gasteiger partial charge in [-0.2, -0.15) is 0 Å². The first-order valence-corrected chi connectivity index (χ1v) is 7.87. The summed E-state index contributed by atoms with van der Waals surface area (Å²) >= 11 is 8.10. The van der Waals surface area contributed by atoms with Crippen LogP contribution in [0.3, 0.4) is 0 Å². The van der Waals surface area contributed by atoms with Crippen LogP contribution in [0, 0.1) is 5.82 Å². The van der Waals surface area contributed by atoms with Gasteiger partial charge in [-0.3, -0.25) is 4.79 Å². The van der Waals surface area contributed by atoms with Gasteiger partial charge in [0.1, 0.15) is 5.82 Å². The quantitative estimate of drug-likeness (QED) is 0.724. The van der Waals surface area contributed by atoms with Crippen molar-refractivity contribution in [2.45, 2.75) is 6.54 Å². The van der Waals surface area contributed by atoms with E-state index in [2.05, 4.69) is 31.9 Å². The molecule has 19 heavy (non-hydrogen) atoms. The average molecular weight is 407 g/mol. The molecule has 1 aromatic heterocycles. The zero-order chi connectivity index (χ0) is 14.0. The molecule has 1 aromatic carbocycles. The van der Waals surface area contributed by atoms with Crippen molar-refractivity contribution < 1.29 is 9.18 Å². The first-order chi connectivity index (χ1) is 8.97. The molecular weight excluding hydrogens is 397 g/mol. The summed E-state index contributed by atoms with van der Waals surface area (Å²) in [7, 11) is 1.66. The number of halogens is 3. The molecular formula is C13H10Br2FNOS. The lowest BCUT2D eigenvalue weighted by molar-refractivity contribution is 0.0780. The first-order valence-electron chi connectivity index (χ1n) is 5.41. The van der Waals surface area contributed by atoms with Crippen LogP contribution in [-0.2, 0) is 6.54 Å². The van der Waals surface area contributed by atoms with E-state index in [1.807, 2.05) is 11.4 Å². The monoisotopic (exact) mass is 405 g/mol. The van der Waals surface area contributed by atoms with Gasteiger partial charge in [0.15, 0.2) is 0 Å². The molecule has 0 fully saturated rings. The Morgan fingerprint density at radius 3 is 2.68 bits per heavy atom. The molecule has 0 saturated carbocycles. The third kappa shape index (κ3) is 3.64. The number of amides is 1. The molecule has 0 N–H and O–H groups in total. The molecule has 0 aliphatic rings. The normalized spacial score (nSPS) is 10.5. The summed E-state index contributed by atoms with van der Waals surface area (Å²) in [6, 6.07) is 6.39. The van der Waals surface area contributed by atoms with Gasteiger partial charge in [-0.25, -0.2) is 4.39 Å². The van der Waals surface area contributed by atoms with Gasteiger partial charge < -0.3 is 4.90 Å². The number of hydrogen-bond donors (Lipinski definition) is 0. The van der Waals surface area contributed by atoms with Crippen LogP contribution in [0.5, 0.6) is 0 Å². The molecule has 2 nitrogen and oxygen atoms in total. The van der Waals surface area contributed by atoms with Crippen LogP contribution in [0.1, 0.15) is 15.9 Å². The number of nitrogens with zero attached hydrogens (tertiary/aromatic N) is 1. The molecule has 6 heteroatoms. The second-order valence-corrected chi connectivity index (χ2v) is 7.25. The minimum atomic E-state index is -0.516. The standard InChI is InChI=1S/C13H10Br2FNOS/c1-17(6-8-4-12(15)19-7-8)13(18)10-3-2-9(14)5-11(10)16/h2-5,7H,6H2,1H3. The Bertz CT molecular complexity index is 614. The van der Waals surface area contributed by atoms with Gasteiger partial charge in [0.25, 0.3) is 5.91 Å². The SMILES string of the molecule is CN(Cc1csc(Br)c1)C(=O)c1ccc(Br)cc1F. The van der Waals surface area contributed by atoms with E-state index in [4.69, 9.17) is 0 Å².